The normalized spacial score (nSPS) is 14.2. The Bertz CT molecular complexity index is 443. The highest BCUT2D eigenvalue weighted by Crippen LogP contribution is 2.44. The summed E-state index contributed by atoms with van der Waals surface area (Å²) in [7, 11) is 0. The fraction of sp³-hybridized carbons (Fsp3) is 0.600. The molecule has 1 atom stereocenters. The van der Waals surface area contributed by atoms with Gasteiger partial charge in [0.05, 0.1) is 11.0 Å². The van der Waals surface area contributed by atoms with E-state index in [0.717, 1.165) is 5.56 Å². The molecule has 19 heavy (non-hydrogen) atoms. The van der Waals surface area contributed by atoms with Crippen LogP contribution in [0.2, 0.25) is 0 Å². The minimum atomic E-state index is -0.602. The maximum Gasteiger partial charge on any atom is 0.269 e. The van der Waals surface area contributed by atoms with Gasteiger partial charge in [-0.3, -0.25) is 10.1 Å². The summed E-state index contributed by atoms with van der Waals surface area (Å²) in [6.45, 7) is 10.7. The molecule has 0 aliphatic heterocycles. The van der Waals surface area contributed by atoms with Crippen LogP contribution in [0.4, 0.5) is 5.69 Å². The van der Waals surface area contributed by atoms with Crippen LogP contribution in [0.25, 0.3) is 0 Å². The first-order valence-corrected chi connectivity index (χ1v) is 6.47. The van der Waals surface area contributed by atoms with Crippen molar-refractivity contribution in [3.63, 3.8) is 0 Å². The molecule has 1 unspecified atom stereocenters. The van der Waals surface area contributed by atoms with E-state index >= 15 is 0 Å². The first-order chi connectivity index (χ1) is 8.54. The molecule has 0 saturated carbocycles. The smallest absolute Gasteiger partial charge is 0.269 e. The molecule has 0 fully saturated rings. The van der Waals surface area contributed by atoms with E-state index in [0.29, 0.717) is 6.42 Å². The van der Waals surface area contributed by atoms with Crippen molar-refractivity contribution in [2.75, 3.05) is 0 Å². The van der Waals surface area contributed by atoms with E-state index in [1.54, 1.807) is 12.1 Å². The molecule has 0 spiro atoms. The minimum absolute atomic E-state index is 0.0335. The van der Waals surface area contributed by atoms with E-state index in [4.69, 9.17) is 0 Å². The molecule has 1 N–H and O–H groups in total. The highest BCUT2D eigenvalue weighted by atomic mass is 16.6. The van der Waals surface area contributed by atoms with E-state index < -0.39 is 11.0 Å². The molecular formula is C15H23NO3. The maximum atomic E-state index is 10.6. The van der Waals surface area contributed by atoms with Gasteiger partial charge in [0.1, 0.15) is 0 Å². The van der Waals surface area contributed by atoms with Gasteiger partial charge in [-0.15, -0.1) is 0 Å². The third-order valence-electron chi connectivity index (χ3n) is 4.22. The van der Waals surface area contributed by atoms with Crippen molar-refractivity contribution in [3.8, 4) is 0 Å². The molecule has 0 radical (unpaired) electrons. The monoisotopic (exact) mass is 265 g/mol. The van der Waals surface area contributed by atoms with E-state index in [2.05, 4.69) is 34.6 Å². The second-order valence-electron chi connectivity index (χ2n) is 6.70. The topological polar surface area (TPSA) is 63.4 Å². The Morgan fingerprint density at radius 2 is 1.63 bits per heavy atom. The van der Waals surface area contributed by atoms with E-state index in [1.807, 2.05) is 0 Å². The lowest BCUT2D eigenvalue weighted by Crippen LogP contribution is -2.31. The summed E-state index contributed by atoms with van der Waals surface area (Å²) in [5, 5.41) is 20.9. The van der Waals surface area contributed by atoms with Gasteiger partial charge in [0, 0.05) is 12.1 Å². The fourth-order valence-corrected chi connectivity index (χ4v) is 1.73. The third-order valence-corrected chi connectivity index (χ3v) is 4.22. The van der Waals surface area contributed by atoms with Crippen molar-refractivity contribution in [2.45, 2.75) is 47.1 Å². The molecule has 1 aromatic carbocycles. The highest BCUT2D eigenvalue weighted by molar-refractivity contribution is 5.33. The van der Waals surface area contributed by atoms with E-state index in [9.17, 15) is 15.2 Å². The summed E-state index contributed by atoms with van der Waals surface area (Å²) in [6, 6.07) is 6.12. The quantitative estimate of drug-likeness (QED) is 0.658. The van der Waals surface area contributed by atoms with Gasteiger partial charge in [-0.05, 0) is 34.9 Å². The SMILES string of the molecule is CC(C)(C)C(C)(C)CC(O)c1ccc([N+](=O)[O-])cc1. The number of nitro benzene ring substituents is 1. The van der Waals surface area contributed by atoms with E-state index in [-0.39, 0.29) is 16.5 Å². The van der Waals surface area contributed by atoms with Crippen LogP contribution in [-0.4, -0.2) is 10.0 Å². The van der Waals surface area contributed by atoms with Gasteiger partial charge < -0.3 is 5.11 Å². The molecule has 0 aromatic heterocycles. The van der Waals surface area contributed by atoms with Gasteiger partial charge in [0.15, 0.2) is 0 Å². The van der Waals surface area contributed by atoms with Gasteiger partial charge in [-0.2, -0.15) is 0 Å². The molecule has 0 bridgehead atoms. The van der Waals surface area contributed by atoms with Gasteiger partial charge in [0.2, 0.25) is 0 Å². The van der Waals surface area contributed by atoms with Gasteiger partial charge in [-0.1, -0.05) is 34.6 Å². The lowest BCUT2D eigenvalue weighted by atomic mass is 9.66. The fourth-order valence-electron chi connectivity index (χ4n) is 1.73. The molecule has 4 nitrogen and oxygen atoms in total. The molecule has 0 aliphatic rings. The summed E-state index contributed by atoms with van der Waals surface area (Å²) in [4.78, 5) is 10.2. The molecule has 106 valence electrons. The Hall–Kier alpha value is -1.42. The minimum Gasteiger partial charge on any atom is -0.388 e. The van der Waals surface area contributed by atoms with Crippen LogP contribution in [-0.2, 0) is 0 Å². The summed E-state index contributed by atoms with van der Waals surface area (Å²) >= 11 is 0. The molecule has 0 amide bonds. The lowest BCUT2D eigenvalue weighted by Gasteiger charge is -2.40. The molecule has 0 heterocycles. The van der Waals surface area contributed by atoms with Gasteiger partial charge >= 0.3 is 0 Å². The van der Waals surface area contributed by atoms with Crippen molar-refractivity contribution in [2.24, 2.45) is 10.8 Å². The number of aliphatic hydroxyl groups is 1. The van der Waals surface area contributed by atoms with Crippen molar-refractivity contribution in [3.05, 3.63) is 39.9 Å². The van der Waals surface area contributed by atoms with Crippen LogP contribution in [0.3, 0.4) is 0 Å². The zero-order chi connectivity index (χ0) is 14.8. The first kappa shape index (κ1) is 15.6. The van der Waals surface area contributed by atoms with Crippen LogP contribution >= 0.6 is 0 Å². The number of hydrogen-bond donors (Lipinski definition) is 1. The summed E-state index contributed by atoms with van der Waals surface area (Å²) < 4.78 is 0. The number of rotatable bonds is 4. The average Bonchev–Trinajstić information content (AvgIpc) is 2.27. The molecule has 0 aliphatic carbocycles. The summed E-state index contributed by atoms with van der Waals surface area (Å²) in [5.74, 6) is 0. The summed E-state index contributed by atoms with van der Waals surface area (Å²) in [5.41, 5.74) is 0.817. The van der Waals surface area contributed by atoms with Crippen molar-refractivity contribution in [1.29, 1.82) is 0 Å². The van der Waals surface area contributed by atoms with Gasteiger partial charge in [0.25, 0.3) is 5.69 Å². The second-order valence-corrected chi connectivity index (χ2v) is 6.70. The van der Waals surface area contributed by atoms with Crippen LogP contribution < -0.4 is 0 Å². The predicted octanol–water partition coefficient (Wildman–Crippen LogP) is 4.09. The second kappa shape index (κ2) is 5.29. The standard InChI is InChI=1S/C15H23NO3/c1-14(2,3)15(4,5)10-13(17)11-6-8-12(9-7-11)16(18)19/h6-9,13,17H,10H2,1-5H3. The van der Waals surface area contributed by atoms with Crippen LogP contribution in [0, 0.1) is 20.9 Å². The number of benzene rings is 1. The van der Waals surface area contributed by atoms with E-state index in [1.165, 1.54) is 12.1 Å². The highest BCUT2D eigenvalue weighted by Gasteiger charge is 2.34. The maximum absolute atomic E-state index is 10.6. The molecule has 4 heteroatoms. The number of nitrogens with zero attached hydrogens (tertiary/aromatic N) is 1. The largest absolute Gasteiger partial charge is 0.388 e. The lowest BCUT2D eigenvalue weighted by molar-refractivity contribution is -0.384. The molecule has 1 aromatic rings. The van der Waals surface area contributed by atoms with Crippen LogP contribution in [0.15, 0.2) is 24.3 Å². The number of hydrogen-bond acceptors (Lipinski definition) is 3. The molecule has 0 saturated heterocycles. The Morgan fingerprint density at radius 1 is 1.16 bits per heavy atom. The van der Waals surface area contributed by atoms with Crippen molar-refractivity contribution in [1.82, 2.24) is 0 Å². The Kier molecular flexibility index (Phi) is 4.35. The van der Waals surface area contributed by atoms with Crippen molar-refractivity contribution < 1.29 is 10.0 Å². The van der Waals surface area contributed by atoms with Gasteiger partial charge in [-0.25, -0.2) is 0 Å². The average molecular weight is 265 g/mol. The molecule has 1 rings (SSSR count). The van der Waals surface area contributed by atoms with Crippen LogP contribution in [0.1, 0.15) is 52.7 Å². The zero-order valence-corrected chi connectivity index (χ0v) is 12.3. The number of nitro groups is 1. The first-order valence-electron chi connectivity index (χ1n) is 6.47. The van der Waals surface area contributed by atoms with Crippen molar-refractivity contribution >= 4 is 5.69 Å². The number of non-ortho nitro benzene ring substituents is 1. The predicted molar refractivity (Wildman–Crippen MR) is 75.9 cm³/mol. The summed E-state index contributed by atoms with van der Waals surface area (Å²) in [6.07, 6.45) is 0.0175. The number of aliphatic hydroxyl groups excluding tert-OH is 1. The molecular weight excluding hydrogens is 242 g/mol. The van der Waals surface area contributed by atoms with Crippen LogP contribution in [0.5, 0.6) is 0 Å². The zero-order valence-electron chi connectivity index (χ0n) is 12.3. The Labute approximate surface area is 114 Å². The Morgan fingerprint density at radius 3 is 2.00 bits per heavy atom. The third kappa shape index (κ3) is 3.77. The Balaban J connectivity index is 2.84.